The van der Waals surface area contributed by atoms with Crippen molar-refractivity contribution < 1.29 is 23.8 Å². The van der Waals surface area contributed by atoms with E-state index < -0.39 is 5.41 Å². The number of fused-ring (bicyclic) bond motifs is 1. The number of methoxy groups -OCH3 is 1. The van der Waals surface area contributed by atoms with E-state index in [9.17, 15) is 9.59 Å². The summed E-state index contributed by atoms with van der Waals surface area (Å²) in [7, 11) is 1.55. The van der Waals surface area contributed by atoms with Crippen LogP contribution in [0, 0.1) is 5.41 Å². The second-order valence-electron chi connectivity index (χ2n) is 7.80. The number of nitrogens with one attached hydrogen (secondary N) is 1. The number of hydrogen-bond acceptors (Lipinski definition) is 5. The van der Waals surface area contributed by atoms with Crippen LogP contribution in [0.15, 0.2) is 42.5 Å². The molecule has 0 bridgehead atoms. The fraction of sp³-hybridized carbons (Fsp3) is 0.391. The first-order chi connectivity index (χ1) is 14.4. The zero-order valence-electron chi connectivity index (χ0n) is 17.9. The Labute approximate surface area is 176 Å². The van der Waals surface area contributed by atoms with Gasteiger partial charge in [-0.3, -0.25) is 9.59 Å². The maximum Gasteiger partial charge on any atom is 0.262 e. The lowest BCUT2D eigenvalue weighted by Crippen LogP contribution is -2.42. The van der Waals surface area contributed by atoms with E-state index in [-0.39, 0.29) is 18.4 Å². The van der Waals surface area contributed by atoms with Crippen LogP contribution in [0.4, 0.5) is 11.4 Å². The summed E-state index contributed by atoms with van der Waals surface area (Å²) < 4.78 is 16.7. The zero-order valence-corrected chi connectivity index (χ0v) is 17.9. The molecule has 0 saturated heterocycles. The van der Waals surface area contributed by atoms with Crippen molar-refractivity contribution in [3.8, 4) is 17.2 Å². The average Bonchev–Trinajstić information content (AvgIpc) is 2.83. The van der Waals surface area contributed by atoms with Crippen LogP contribution in [0.2, 0.25) is 0 Å². The fourth-order valence-electron chi connectivity index (χ4n) is 3.25. The SMILES string of the molecule is CCCN1C(=O)C(C)(C)COc2ccc(NC(=O)COc3ccccc3OC)cc21. The van der Waals surface area contributed by atoms with Gasteiger partial charge in [-0.2, -0.15) is 0 Å². The quantitative estimate of drug-likeness (QED) is 0.747. The van der Waals surface area contributed by atoms with Crippen LogP contribution in [0.1, 0.15) is 27.2 Å². The molecular formula is C23H28N2O5. The number of ether oxygens (including phenoxy) is 3. The van der Waals surface area contributed by atoms with Crippen molar-refractivity contribution in [1.29, 1.82) is 0 Å². The van der Waals surface area contributed by atoms with Crippen LogP contribution < -0.4 is 24.4 Å². The number of carbonyl (C=O) groups excluding carboxylic acids is 2. The second kappa shape index (κ2) is 9.07. The molecule has 2 aromatic carbocycles. The first-order valence-corrected chi connectivity index (χ1v) is 10.00. The lowest BCUT2D eigenvalue weighted by Gasteiger charge is -2.27. The van der Waals surface area contributed by atoms with Crippen LogP contribution in [-0.2, 0) is 9.59 Å². The number of carbonyl (C=O) groups is 2. The summed E-state index contributed by atoms with van der Waals surface area (Å²) in [5.74, 6) is 1.37. The molecule has 2 amide bonds. The molecule has 0 atom stereocenters. The average molecular weight is 412 g/mol. The number of anilines is 2. The molecule has 1 heterocycles. The van der Waals surface area contributed by atoms with Crippen molar-refractivity contribution in [2.45, 2.75) is 27.2 Å². The van der Waals surface area contributed by atoms with Gasteiger partial charge >= 0.3 is 0 Å². The van der Waals surface area contributed by atoms with Crippen LogP contribution >= 0.6 is 0 Å². The smallest absolute Gasteiger partial charge is 0.262 e. The Bertz CT molecular complexity index is 926. The van der Waals surface area contributed by atoms with Gasteiger partial charge in [-0.25, -0.2) is 0 Å². The molecule has 0 saturated carbocycles. The molecule has 1 aliphatic heterocycles. The molecular weight excluding hydrogens is 384 g/mol. The summed E-state index contributed by atoms with van der Waals surface area (Å²) in [6.45, 7) is 6.49. The predicted molar refractivity (Wildman–Crippen MR) is 115 cm³/mol. The third-order valence-corrected chi connectivity index (χ3v) is 4.82. The van der Waals surface area contributed by atoms with Gasteiger partial charge in [0.05, 0.1) is 18.2 Å². The third kappa shape index (κ3) is 4.67. The van der Waals surface area contributed by atoms with Gasteiger partial charge in [0, 0.05) is 12.2 Å². The van der Waals surface area contributed by atoms with Gasteiger partial charge in [-0.05, 0) is 50.6 Å². The van der Waals surface area contributed by atoms with Crippen molar-refractivity contribution in [1.82, 2.24) is 0 Å². The molecule has 0 spiro atoms. The Balaban J connectivity index is 1.74. The van der Waals surface area contributed by atoms with Gasteiger partial charge in [0.15, 0.2) is 18.1 Å². The molecule has 30 heavy (non-hydrogen) atoms. The van der Waals surface area contributed by atoms with Crippen molar-refractivity contribution >= 4 is 23.2 Å². The van der Waals surface area contributed by atoms with Crippen molar-refractivity contribution in [3.05, 3.63) is 42.5 Å². The molecule has 3 rings (SSSR count). The topological polar surface area (TPSA) is 77.1 Å². The Morgan fingerprint density at radius 2 is 1.93 bits per heavy atom. The van der Waals surface area contributed by atoms with Gasteiger partial charge in [0.25, 0.3) is 5.91 Å². The second-order valence-corrected chi connectivity index (χ2v) is 7.80. The van der Waals surface area contributed by atoms with Gasteiger partial charge in [-0.15, -0.1) is 0 Å². The van der Waals surface area contributed by atoms with E-state index in [1.165, 1.54) is 0 Å². The maximum absolute atomic E-state index is 13.0. The molecule has 1 aliphatic rings. The van der Waals surface area contributed by atoms with E-state index in [4.69, 9.17) is 14.2 Å². The molecule has 160 valence electrons. The number of amides is 2. The number of para-hydroxylation sites is 2. The van der Waals surface area contributed by atoms with E-state index in [1.807, 2.05) is 32.9 Å². The molecule has 0 fully saturated rings. The Morgan fingerprint density at radius 1 is 1.20 bits per heavy atom. The lowest BCUT2D eigenvalue weighted by molar-refractivity contribution is -0.127. The molecule has 2 aromatic rings. The van der Waals surface area contributed by atoms with Gasteiger partial charge in [0.1, 0.15) is 12.4 Å². The highest BCUT2D eigenvalue weighted by molar-refractivity contribution is 6.00. The van der Waals surface area contributed by atoms with E-state index in [0.717, 1.165) is 6.42 Å². The van der Waals surface area contributed by atoms with Gasteiger partial charge < -0.3 is 24.4 Å². The molecule has 0 aromatic heterocycles. The number of hydrogen-bond donors (Lipinski definition) is 1. The van der Waals surface area contributed by atoms with Gasteiger partial charge in [-0.1, -0.05) is 19.1 Å². The normalized spacial score (nSPS) is 14.9. The highest BCUT2D eigenvalue weighted by Crippen LogP contribution is 2.38. The first-order valence-electron chi connectivity index (χ1n) is 10.00. The highest BCUT2D eigenvalue weighted by atomic mass is 16.5. The number of benzene rings is 2. The van der Waals surface area contributed by atoms with E-state index >= 15 is 0 Å². The van der Waals surface area contributed by atoms with Crippen molar-refractivity contribution in [2.75, 3.05) is 37.1 Å². The lowest BCUT2D eigenvalue weighted by atomic mass is 9.93. The Kier molecular flexibility index (Phi) is 6.50. The molecule has 7 heteroatoms. The fourth-order valence-corrected chi connectivity index (χ4v) is 3.25. The van der Waals surface area contributed by atoms with Crippen LogP contribution in [0.25, 0.3) is 0 Å². The molecule has 0 radical (unpaired) electrons. The van der Waals surface area contributed by atoms with Crippen molar-refractivity contribution in [3.63, 3.8) is 0 Å². The minimum absolute atomic E-state index is 0.00563. The van der Waals surface area contributed by atoms with Crippen LogP contribution in [-0.4, -0.2) is 38.7 Å². The number of rotatable bonds is 7. The Hall–Kier alpha value is -3.22. The Morgan fingerprint density at radius 3 is 2.63 bits per heavy atom. The first kappa shape index (κ1) is 21.5. The molecule has 7 nitrogen and oxygen atoms in total. The minimum Gasteiger partial charge on any atom is -0.493 e. The third-order valence-electron chi connectivity index (χ3n) is 4.82. The van der Waals surface area contributed by atoms with Crippen LogP contribution in [0.3, 0.4) is 0 Å². The maximum atomic E-state index is 13.0. The summed E-state index contributed by atoms with van der Waals surface area (Å²) >= 11 is 0. The number of nitrogens with zero attached hydrogens (tertiary/aromatic N) is 1. The summed E-state index contributed by atoms with van der Waals surface area (Å²) in [6, 6.07) is 12.4. The van der Waals surface area contributed by atoms with Gasteiger partial charge in [0.2, 0.25) is 5.91 Å². The standard InChI is InChI=1S/C23H28N2O5/c1-5-12-25-17-13-16(10-11-18(17)30-15-23(2,3)22(25)27)24-21(26)14-29-20-9-7-6-8-19(20)28-4/h6-11,13H,5,12,14-15H2,1-4H3,(H,24,26). The summed E-state index contributed by atoms with van der Waals surface area (Å²) in [4.78, 5) is 27.1. The zero-order chi connectivity index (χ0) is 21.7. The van der Waals surface area contributed by atoms with Crippen LogP contribution in [0.5, 0.6) is 17.2 Å². The minimum atomic E-state index is -0.625. The summed E-state index contributed by atoms with van der Waals surface area (Å²) in [5.41, 5.74) is 0.607. The summed E-state index contributed by atoms with van der Waals surface area (Å²) in [6.07, 6.45) is 0.810. The highest BCUT2D eigenvalue weighted by Gasteiger charge is 2.37. The van der Waals surface area contributed by atoms with E-state index in [1.54, 1.807) is 42.3 Å². The monoisotopic (exact) mass is 412 g/mol. The molecule has 0 aliphatic carbocycles. The molecule has 0 unspecified atom stereocenters. The molecule has 1 N–H and O–H groups in total. The summed E-state index contributed by atoms with van der Waals surface area (Å²) in [5, 5.41) is 2.82. The van der Waals surface area contributed by atoms with E-state index in [0.29, 0.717) is 41.8 Å². The van der Waals surface area contributed by atoms with Crippen molar-refractivity contribution in [2.24, 2.45) is 5.41 Å². The largest absolute Gasteiger partial charge is 0.493 e. The van der Waals surface area contributed by atoms with E-state index in [2.05, 4.69) is 5.32 Å². The predicted octanol–water partition coefficient (Wildman–Crippen LogP) is 3.87.